The smallest absolute Gasteiger partial charge is 0.325 e. The fraction of sp³-hybridized carbons (Fsp3) is 0.360. The first kappa shape index (κ1) is 19.8. The van der Waals surface area contributed by atoms with Crippen LogP contribution >= 0.6 is 0 Å². The largest absolute Gasteiger partial charge is 0.392 e. The number of aromatic nitrogens is 1. The molecule has 2 fully saturated rings. The lowest BCUT2D eigenvalue weighted by Crippen LogP contribution is -2.47. The summed E-state index contributed by atoms with van der Waals surface area (Å²) < 4.78 is 5.64. The second-order valence-corrected chi connectivity index (χ2v) is 8.61. The van der Waals surface area contributed by atoms with Crippen LogP contribution in [0.3, 0.4) is 0 Å². The van der Waals surface area contributed by atoms with Gasteiger partial charge in [-0.15, -0.1) is 0 Å². The van der Waals surface area contributed by atoms with Crippen LogP contribution in [0.25, 0.3) is 11.3 Å². The van der Waals surface area contributed by atoms with Crippen LogP contribution in [0, 0.1) is 0 Å². The monoisotopic (exact) mass is 417 g/mol. The maximum absolute atomic E-state index is 13.6. The van der Waals surface area contributed by atoms with E-state index in [0.717, 1.165) is 48.2 Å². The Morgan fingerprint density at radius 1 is 1.00 bits per heavy atom. The quantitative estimate of drug-likeness (QED) is 0.636. The molecule has 2 heterocycles. The van der Waals surface area contributed by atoms with Crippen molar-refractivity contribution in [2.24, 2.45) is 0 Å². The van der Waals surface area contributed by atoms with E-state index >= 15 is 0 Å². The molecule has 1 aromatic heterocycles. The number of aliphatic hydroxyl groups excluding tert-OH is 1. The van der Waals surface area contributed by atoms with Gasteiger partial charge >= 0.3 is 6.03 Å². The van der Waals surface area contributed by atoms with Crippen LogP contribution in [-0.2, 0) is 13.2 Å². The van der Waals surface area contributed by atoms with E-state index in [9.17, 15) is 9.90 Å². The average Bonchev–Trinajstić information content (AvgIpc) is 3.40. The van der Waals surface area contributed by atoms with Crippen LogP contribution in [0.1, 0.15) is 43.4 Å². The Morgan fingerprint density at radius 3 is 2.45 bits per heavy atom. The van der Waals surface area contributed by atoms with Gasteiger partial charge in [0.05, 0.1) is 25.2 Å². The van der Waals surface area contributed by atoms with Gasteiger partial charge in [0, 0.05) is 17.3 Å². The van der Waals surface area contributed by atoms with E-state index in [1.165, 1.54) is 6.42 Å². The Bertz CT molecular complexity index is 1040. The van der Waals surface area contributed by atoms with Crippen molar-refractivity contribution in [1.29, 1.82) is 0 Å². The van der Waals surface area contributed by atoms with Crippen molar-refractivity contribution >= 4 is 11.7 Å². The summed E-state index contributed by atoms with van der Waals surface area (Å²) in [6.07, 6.45) is 5.49. The number of anilines is 1. The summed E-state index contributed by atoms with van der Waals surface area (Å²) in [4.78, 5) is 17.4. The molecule has 2 aromatic carbocycles. The summed E-state index contributed by atoms with van der Waals surface area (Å²) in [5, 5.41) is 13.6. The molecule has 0 bridgehead atoms. The van der Waals surface area contributed by atoms with Gasteiger partial charge in [-0.05, 0) is 30.5 Å². The molecule has 6 heteroatoms. The molecular weight excluding hydrogens is 390 g/mol. The lowest BCUT2D eigenvalue weighted by molar-refractivity contribution is 0.105. The van der Waals surface area contributed by atoms with Crippen molar-refractivity contribution in [3.63, 3.8) is 0 Å². The van der Waals surface area contributed by atoms with Crippen LogP contribution in [0.4, 0.5) is 10.5 Å². The van der Waals surface area contributed by atoms with Crippen LogP contribution < -0.4 is 4.90 Å². The summed E-state index contributed by atoms with van der Waals surface area (Å²) in [5.41, 5.74) is 3.33. The Morgan fingerprint density at radius 2 is 1.74 bits per heavy atom. The third-order valence-corrected chi connectivity index (χ3v) is 6.64. The first-order valence-corrected chi connectivity index (χ1v) is 11.0. The number of benzene rings is 2. The molecule has 1 aliphatic heterocycles. The van der Waals surface area contributed by atoms with E-state index in [1.54, 1.807) is 0 Å². The predicted octanol–water partition coefficient (Wildman–Crippen LogP) is 4.98. The lowest BCUT2D eigenvalue weighted by Gasteiger charge is -2.39. The molecule has 2 amide bonds. The maximum Gasteiger partial charge on any atom is 0.325 e. The molecule has 3 aromatic rings. The van der Waals surface area contributed by atoms with Gasteiger partial charge in [-0.1, -0.05) is 66.9 Å². The third-order valence-electron chi connectivity index (χ3n) is 6.64. The number of rotatable bonds is 5. The Labute approximate surface area is 182 Å². The Kier molecular flexibility index (Phi) is 5.24. The molecule has 160 valence electrons. The SMILES string of the molecule is O=C1N(c2ccc(CO)cc2)CC2(CCCCC2)N1Cc1cc(-c2ccccc2)no1. The highest BCUT2D eigenvalue weighted by molar-refractivity contribution is 5.95. The van der Waals surface area contributed by atoms with E-state index in [0.29, 0.717) is 18.8 Å². The van der Waals surface area contributed by atoms with Crippen LogP contribution in [-0.4, -0.2) is 33.3 Å². The van der Waals surface area contributed by atoms with Gasteiger partial charge in [0.15, 0.2) is 5.76 Å². The van der Waals surface area contributed by atoms with Crippen LogP contribution in [0.2, 0.25) is 0 Å². The van der Waals surface area contributed by atoms with Gasteiger partial charge in [-0.25, -0.2) is 4.79 Å². The van der Waals surface area contributed by atoms with Crippen LogP contribution in [0.15, 0.2) is 65.2 Å². The van der Waals surface area contributed by atoms with Gasteiger partial charge in [0.1, 0.15) is 5.69 Å². The minimum Gasteiger partial charge on any atom is -0.392 e. The van der Waals surface area contributed by atoms with Gasteiger partial charge in [0.2, 0.25) is 0 Å². The summed E-state index contributed by atoms with van der Waals surface area (Å²) in [6.45, 7) is 1.10. The topological polar surface area (TPSA) is 69.8 Å². The normalized spacial score (nSPS) is 18.2. The Balaban J connectivity index is 1.42. The maximum atomic E-state index is 13.6. The van der Waals surface area contributed by atoms with Crippen molar-refractivity contribution < 1.29 is 14.4 Å². The molecule has 0 radical (unpaired) electrons. The molecule has 1 N–H and O–H groups in total. The van der Waals surface area contributed by atoms with Crippen molar-refractivity contribution in [1.82, 2.24) is 10.1 Å². The number of carbonyl (C=O) groups excluding carboxylic acids is 1. The zero-order chi connectivity index (χ0) is 21.3. The van der Waals surface area contributed by atoms with E-state index in [1.807, 2.05) is 70.5 Å². The molecule has 0 unspecified atom stereocenters. The lowest BCUT2D eigenvalue weighted by atomic mass is 9.81. The second-order valence-electron chi connectivity index (χ2n) is 8.61. The highest BCUT2D eigenvalue weighted by Crippen LogP contribution is 2.42. The fourth-order valence-electron chi connectivity index (χ4n) is 4.94. The minimum atomic E-state index is -0.176. The molecular formula is C25H27N3O3. The van der Waals surface area contributed by atoms with Crippen molar-refractivity contribution in [2.75, 3.05) is 11.4 Å². The van der Waals surface area contributed by atoms with E-state index < -0.39 is 0 Å². The zero-order valence-corrected chi connectivity index (χ0v) is 17.5. The third kappa shape index (κ3) is 3.72. The summed E-state index contributed by atoms with van der Waals surface area (Å²) >= 11 is 0. The minimum absolute atomic E-state index is 0.000466. The highest BCUT2D eigenvalue weighted by Gasteiger charge is 2.50. The summed E-state index contributed by atoms with van der Waals surface area (Å²) in [7, 11) is 0. The first-order valence-electron chi connectivity index (χ1n) is 11.0. The standard InChI is InChI=1S/C25H27N3O3/c29-17-19-9-11-21(12-10-19)27-18-25(13-5-2-6-14-25)28(24(27)30)16-22-15-23(26-31-22)20-7-3-1-4-8-20/h1,3-4,7-12,15,29H,2,5-6,13-14,16-18H2. The number of hydrogen-bond acceptors (Lipinski definition) is 4. The average molecular weight is 418 g/mol. The van der Waals surface area contributed by atoms with Crippen LogP contribution in [0.5, 0.6) is 0 Å². The summed E-state index contributed by atoms with van der Waals surface area (Å²) in [6, 6.07) is 19.5. The van der Waals surface area contributed by atoms with Gasteiger partial charge < -0.3 is 14.5 Å². The van der Waals surface area contributed by atoms with Crippen molar-refractivity contribution in [3.8, 4) is 11.3 Å². The number of amides is 2. The van der Waals surface area contributed by atoms with Gasteiger partial charge in [0.25, 0.3) is 0 Å². The van der Waals surface area contributed by atoms with Crippen molar-refractivity contribution in [3.05, 3.63) is 72.0 Å². The summed E-state index contributed by atoms with van der Waals surface area (Å²) in [5.74, 6) is 0.703. The number of hydrogen-bond donors (Lipinski definition) is 1. The highest BCUT2D eigenvalue weighted by atomic mass is 16.5. The molecule has 0 atom stereocenters. The zero-order valence-electron chi connectivity index (χ0n) is 17.5. The van der Waals surface area contributed by atoms with Crippen molar-refractivity contribution in [2.45, 2.75) is 50.8 Å². The number of aliphatic hydroxyl groups is 1. The van der Waals surface area contributed by atoms with E-state index in [4.69, 9.17) is 4.52 Å². The molecule has 6 nitrogen and oxygen atoms in total. The predicted molar refractivity (Wildman–Crippen MR) is 118 cm³/mol. The molecule has 1 aliphatic carbocycles. The molecule has 2 aliphatic rings. The molecule has 1 saturated heterocycles. The second kappa shape index (κ2) is 8.19. The number of carbonyl (C=O) groups is 1. The fourth-order valence-corrected chi connectivity index (χ4v) is 4.94. The van der Waals surface area contributed by atoms with E-state index in [2.05, 4.69) is 5.16 Å². The van der Waals surface area contributed by atoms with Gasteiger partial charge in [-0.2, -0.15) is 0 Å². The molecule has 31 heavy (non-hydrogen) atoms. The Hall–Kier alpha value is -3.12. The first-order chi connectivity index (χ1) is 15.2. The molecule has 1 spiro atoms. The van der Waals surface area contributed by atoms with E-state index in [-0.39, 0.29) is 18.2 Å². The molecule has 5 rings (SSSR count). The number of urea groups is 1. The number of nitrogens with zero attached hydrogens (tertiary/aromatic N) is 3. The van der Waals surface area contributed by atoms with Gasteiger partial charge in [-0.3, -0.25) is 4.90 Å². The molecule has 1 saturated carbocycles.